The molecule has 2 heterocycles. The van der Waals surface area contributed by atoms with Crippen molar-refractivity contribution in [2.45, 2.75) is 29.6 Å². The summed E-state index contributed by atoms with van der Waals surface area (Å²) in [5.74, 6) is 0.890. The summed E-state index contributed by atoms with van der Waals surface area (Å²) in [7, 11) is -3.62. The summed E-state index contributed by atoms with van der Waals surface area (Å²) >= 11 is 6.39. The Morgan fingerprint density at radius 1 is 0.975 bits per heavy atom. The first-order valence-electron chi connectivity index (χ1n) is 13.0. The molecular weight excluding hydrogens is 548 g/mol. The maximum Gasteiger partial charge on any atom is 0.240 e. The molecular formula is C29H27ClN6O3S. The molecule has 0 unspecified atom stereocenters. The van der Waals surface area contributed by atoms with E-state index in [1.807, 2.05) is 48.5 Å². The van der Waals surface area contributed by atoms with Crippen LogP contribution in [0.15, 0.2) is 83.9 Å². The van der Waals surface area contributed by atoms with Crippen LogP contribution < -0.4 is 20.7 Å². The molecule has 1 amide bonds. The molecule has 4 bridgehead atoms. The number of fused-ring (bicyclic) bond motifs is 4. The fourth-order valence-corrected chi connectivity index (χ4v) is 6.26. The summed E-state index contributed by atoms with van der Waals surface area (Å²) < 4.78 is 27.9. The molecule has 9 nitrogen and oxygen atoms in total. The highest BCUT2D eigenvalue weighted by molar-refractivity contribution is 7.89. The first-order chi connectivity index (χ1) is 19.3. The molecule has 1 aliphatic carbocycles. The van der Waals surface area contributed by atoms with Crippen LogP contribution in [-0.2, 0) is 20.2 Å². The Kier molecular flexibility index (Phi) is 6.91. The normalized spacial score (nSPS) is 17.1. The van der Waals surface area contributed by atoms with Crippen molar-refractivity contribution in [3.05, 3.63) is 89.6 Å². The molecule has 2 aliphatic rings. The molecule has 40 heavy (non-hydrogen) atoms. The molecule has 4 aromatic rings. The minimum Gasteiger partial charge on any atom is -0.369 e. The van der Waals surface area contributed by atoms with Crippen LogP contribution in [-0.4, -0.2) is 37.4 Å². The quantitative estimate of drug-likeness (QED) is 0.260. The molecule has 204 valence electrons. The minimum atomic E-state index is -3.62. The van der Waals surface area contributed by atoms with Crippen molar-refractivity contribution in [1.82, 2.24) is 14.7 Å². The van der Waals surface area contributed by atoms with Crippen LogP contribution in [0.3, 0.4) is 0 Å². The van der Waals surface area contributed by atoms with Crippen molar-refractivity contribution >= 4 is 50.7 Å². The van der Waals surface area contributed by atoms with Crippen LogP contribution in [0.5, 0.6) is 0 Å². The number of rotatable bonds is 4. The summed E-state index contributed by atoms with van der Waals surface area (Å²) in [6, 6.07) is 21.6. The average molecular weight is 575 g/mol. The van der Waals surface area contributed by atoms with Crippen molar-refractivity contribution in [3.63, 3.8) is 0 Å². The maximum atomic E-state index is 13.2. The topological polar surface area (TPSA) is 125 Å². The number of sulfonamides is 1. The number of nitrogens with zero attached hydrogens (tertiary/aromatic N) is 2. The predicted molar refractivity (Wildman–Crippen MR) is 156 cm³/mol. The van der Waals surface area contributed by atoms with Crippen molar-refractivity contribution in [1.29, 1.82) is 0 Å². The maximum absolute atomic E-state index is 13.2. The van der Waals surface area contributed by atoms with E-state index in [2.05, 4.69) is 30.6 Å². The standard InChI is InChI=1S/C29H27ClN6O3S/c30-25-8-2-1-7-24(25)29(13-14-29)27(37)34-20-11-9-19(10-12-20)23-18-32-28-35-21-5-3-6-22(17-21)40(38,39)33-16-4-15-31-26(23)36-28/h1-3,5-12,17-18,33H,4,13-16H2,(H,34,37)(H2,31,32,35,36). The lowest BCUT2D eigenvalue weighted by molar-refractivity contribution is -0.118. The molecule has 1 aromatic heterocycles. The van der Waals surface area contributed by atoms with Gasteiger partial charge in [0.2, 0.25) is 21.9 Å². The number of nitrogens with one attached hydrogen (secondary N) is 4. The van der Waals surface area contributed by atoms with E-state index in [1.54, 1.807) is 30.5 Å². The minimum absolute atomic E-state index is 0.0634. The largest absolute Gasteiger partial charge is 0.369 e. The van der Waals surface area contributed by atoms with Crippen LogP contribution in [0.4, 0.5) is 23.1 Å². The lowest BCUT2D eigenvalue weighted by Crippen LogP contribution is -2.28. The fraction of sp³-hybridized carbons (Fsp3) is 0.207. The van der Waals surface area contributed by atoms with Crippen LogP contribution in [0.2, 0.25) is 5.02 Å². The third-order valence-electron chi connectivity index (χ3n) is 7.16. The van der Waals surface area contributed by atoms with Gasteiger partial charge in [-0.2, -0.15) is 4.98 Å². The second-order valence-electron chi connectivity index (χ2n) is 9.88. The zero-order valence-corrected chi connectivity index (χ0v) is 23.0. The number of carbonyl (C=O) groups excluding carboxylic acids is 1. The summed E-state index contributed by atoms with van der Waals surface area (Å²) in [4.78, 5) is 22.5. The van der Waals surface area contributed by atoms with Crippen LogP contribution in [0, 0.1) is 0 Å². The van der Waals surface area contributed by atoms with Crippen molar-refractivity contribution in [2.24, 2.45) is 0 Å². The lowest BCUT2D eigenvalue weighted by Gasteiger charge is -2.17. The predicted octanol–water partition coefficient (Wildman–Crippen LogP) is 5.30. The third-order valence-corrected chi connectivity index (χ3v) is 8.94. The van der Waals surface area contributed by atoms with Gasteiger partial charge in [0.1, 0.15) is 5.82 Å². The Morgan fingerprint density at radius 3 is 2.55 bits per heavy atom. The van der Waals surface area contributed by atoms with Crippen LogP contribution in [0.25, 0.3) is 11.1 Å². The summed E-state index contributed by atoms with van der Waals surface area (Å²) in [6.45, 7) is 0.784. The molecule has 11 heteroatoms. The second-order valence-corrected chi connectivity index (χ2v) is 12.1. The van der Waals surface area contributed by atoms with Gasteiger partial charge in [-0.3, -0.25) is 4.79 Å². The van der Waals surface area contributed by atoms with E-state index in [4.69, 9.17) is 11.6 Å². The Hall–Kier alpha value is -3.99. The Bertz CT molecular complexity index is 1690. The number of benzene rings is 3. The molecule has 4 N–H and O–H groups in total. The monoisotopic (exact) mass is 574 g/mol. The van der Waals surface area contributed by atoms with Gasteiger partial charge < -0.3 is 16.0 Å². The van der Waals surface area contributed by atoms with Gasteiger partial charge in [-0.1, -0.05) is 48.0 Å². The van der Waals surface area contributed by atoms with Gasteiger partial charge >= 0.3 is 0 Å². The number of halogens is 1. The molecule has 3 aromatic carbocycles. The number of hydrogen-bond acceptors (Lipinski definition) is 7. The van der Waals surface area contributed by atoms with E-state index in [9.17, 15) is 13.2 Å². The fourth-order valence-electron chi connectivity index (χ4n) is 4.82. The molecule has 1 saturated carbocycles. The molecule has 6 rings (SSSR count). The Labute approximate surface area is 237 Å². The number of amides is 1. The van der Waals surface area contributed by atoms with Gasteiger partial charge in [0, 0.05) is 41.2 Å². The van der Waals surface area contributed by atoms with Gasteiger partial charge in [0.05, 0.1) is 10.3 Å². The molecule has 1 fully saturated rings. The number of hydrogen-bond donors (Lipinski definition) is 4. The van der Waals surface area contributed by atoms with Crippen molar-refractivity contribution in [3.8, 4) is 11.1 Å². The van der Waals surface area contributed by atoms with E-state index >= 15 is 0 Å². The van der Waals surface area contributed by atoms with Gasteiger partial charge in [-0.05, 0) is 66.8 Å². The molecule has 0 spiro atoms. The lowest BCUT2D eigenvalue weighted by atomic mass is 9.94. The van der Waals surface area contributed by atoms with E-state index in [0.717, 1.165) is 29.5 Å². The van der Waals surface area contributed by atoms with Crippen molar-refractivity contribution in [2.75, 3.05) is 29.0 Å². The van der Waals surface area contributed by atoms with E-state index in [1.165, 1.54) is 0 Å². The zero-order chi connectivity index (χ0) is 27.7. The van der Waals surface area contributed by atoms with Gasteiger partial charge in [0.15, 0.2) is 0 Å². The van der Waals surface area contributed by atoms with Gasteiger partial charge in [-0.25, -0.2) is 18.1 Å². The molecule has 0 saturated heterocycles. The van der Waals surface area contributed by atoms with Crippen molar-refractivity contribution < 1.29 is 13.2 Å². The first kappa shape index (κ1) is 26.2. The zero-order valence-electron chi connectivity index (χ0n) is 21.4. The van der Waals surface area contributed by atoms with Gasteiger partial charge in [0.25, 0.3) is 0 Å². The van der Waals surface area contributed by atoms with Crippen LogP contribution in [0.1, 0.15) is 24.8 Å². The highest BCUT2D eigenvalue weighted by Gasteiger charge is 2.52. The SMILES string of the molecule is O=C(Nc1ccc(-c2cnc3nc2NCCCNS(=O)(=O)c2cccc(c2)N3)cc1)C1(c2ccccc2Cl)CC1. The third kappa shape index (κ3) is 5.25. The Balaban J connectivity index is 1.23. The van der Waals surface area contributed by atoms with Crippen LogP contribution >= 0.6 is 11.6 Å². The second kappa shape index (κ2) is 10.5. The summed E-state index contributed by atoms with van der Waals surface area (Å²) in [5, 5.41) is 10.1. The molecule has 0 atom stereocenters. The number of aromatic nitrogens is 2. The van der Waals surface area contributed by atoms with E-state index < -0.39 is 15.4 Å². The van der Waals surface area contributed by atoms with E-state index in [0.29, 0.717) is 41.1 Å². The summed E-state index contributed by atoms with van der Waals surface area (Å²) in [5.41, 5.74) is 3.17. The van der Waals surface area contributed by atoms with Gasteiger partial charge in [-0.15, -0.1) is 0 Å². The first-order valence-corrected chi connectivity index (χ1v) is 14.8. The average Bonchev–Trinajstić information content (AvgIpc) is 3.76. The van der Waals surface area contributed by atoms with E-state index in [-0.39, 0.29) is 17.3 Å². The summed E-state index contributed by atoms with van der Waals surface area (Å²) in [6.07, 6.45) is 3.81. The number of anilines is 4. The highest BCUT2D eigenvalue weighted by atomic mass is 35.5. The number of carbonyl (C=O) groups is 1. The Morgan fingerprint density at radius 2 is 1.77 bits per heavy atom. The molecule has 0 radical (unpaired) electrons. The molecule has 1 aliphatic heterocycles. The smallest absolute Gasteiger partial charge is 0.240 e. The highest BCUT2D eigenvalue weighted by Crippen LogP contribution is 2.51.